The van der Waals surface area contributed by atoms with E-state index in [4.69, 9.17) is 0 Å². The Morgan fingerprint density at radius 2 is 2.26 bits per heavy atom. The van der Waals surface area contributed by atoms with Crippen LogP contribution in [0.2, 0.25) is 0 Å². The minimum atomic E-state index is 0.0704. The van der Waals surface area contributed by atoms with Crippen molar-refractivity contribution in [2.75, 3.05) is 31.5 Å². The van der Waals surface area contributed by atoms with E-state index in [1.807, 2.05) is 19.1 Å². The highest BCUT2D eigenvalue weighted by Crippen LogP contribution is 2.15. The fourth-order valence-corrected chi connectivity index (χ4v) is 2.50. The summed E-state index contributed by atoms with van der Waals surface area (Å²) in [7, 11) is 0. The van der Waals surface area contributed by atoms with Crippen LogP contribution in [0.1, 0.15) is 18.1 Å². The molecule has 0 saturated carbocycles. The second-order valence-electron chi connectivity index (χ2n) is 5.46. The first-order valence-electron chi connectivity index (χ1n) is 6.87. The summed E-state index contributed by atoms with van der Waals surface area (Å²) in [5.41, 5.74) is 3.24. The highest BCUT2D eigenvalue weighted by molar-refractivity contribution is 5.93. The fourth-order valence-electron chi connectivity index (χ4n) is 2.50. The lowest BCUT2D eigenvalue weighted by atomic mass is 10.1. The van der Waals surface area contributed by atoms with Crippen LogP contribution in [0.5, 0.6) is 0 Å². The Bertz CT molecular complexity index is 459. The standard InChI is InChI=1S/C15H23N3O/c1-11-4-5-14(12(2)8-11)17-15(19)10-18-7-6-16-13(3)9-18/h4-5,8,13,16H,6-7,9-10H2,1-3H3,(H,17,19)/t13-/m0/s1. The van der Waals surface area contributed by atoms with Crippen molar-refractivity contribution in [1.29, 1.82) is 0 Å². The molecular weight excluding hydrogens is 238 g/mol. The number of nitrogens with zero attached hydrogens (tertiary/aromatic N) is 1. The summed E-state index contributed by atoms with van der Waals surface area (Å²) in [6.45, 7) is 9.52. The Morgan fingerprint density at radius 3 is 2.95 bits per heavy atom. The molecule has 104 valence electrons. The Morgan fingerprint density at radius 1 is 1.47 bits per heavy atom. The number of hydrogen-bond donors (Lipinski definition) is 2. The van der Waals surface area contributed by atoms with Crippen molar-refractivity contribution >= 4 is 11.6 Å². The van der Waals surface area contributed by atoms with Crippen LogP contribution in [0.4, 0.5) is 5.69 Å². The van der Waals surface area contributed by atoms with Gasteiger partial charge in [-0.15, -0.1) is 0 Å². The maximum Gasteiger partial charge on any atom is 0.238 e. The van der Waals surface area contributed by atoms with E-state index in [1.165, 1.54) is 5.56 Å². The number of nitrogens with one attached hydrogen (secondary N) is 2. The highest BCUT2D eigenvalue weighted by atomic mass is 16.2. The van der Waals surface area contributed by atoms with E-state index in [2.05, 4.69) is 35.4 Å². The van der Waals surface area contributed by atoms with E-state index in [1.54, 1.807) is 0 Å². The lowest BCUT2D eigenvalue weighted by Gasteiger charge is -2.31. The zero-order valence-corrected chi connectivity index (χ0v) is 12.0. The van der Waals surface area contributed by atoms with Crippen LogP contribution >= 0.6 is 0 Å². The monoisotopic (exact) mass is 261 g/mol. The molecule has 0 unspecified atom stereocenters. The number of rotatable bonds is 3. The van der Waals surface area contributed by atoms with Crippen molar-refractivity contribution < 1.29 is 4.79 Å². The van der Waals surface area contributed by atoms with Gasteiger partial charge in [-0.1, -0.05) is 17.7 Å². The van der Waals surface area contributed by atoms with Crippen LogP contribution in [0, 0.1) is 13.8 Å². The number of aryl methyl sites for hydroxylation is 2. The highest BCUT2D eigenvalue weighted by Gasteiger charge is 2.18. The number of hydrogen-bond acceptors (Lipinski definition) is 3. The summed E-state index contributed by atoms with van der Waals surface area (Å²) in [4.78, 5) is 14.2. The predicted octanol–water partition coefficient (Wildman–Crippen LogP) is 1.54. The van der Waals surface area contributed by atoms with Crippen LogP contribution in [0.15, 0.2) is 18.2 Å². The van der Waals surface area contributed by atoms with Crippen LogP contribution in [0.3, 0.4) is 0 Å². The quantitative estimate of drug-likeness (QED) is 0.867. The van der Waals surface area contributed by atoms with E-state index < -0.39 is 0 Å². The molecule has 2 rings (SSSR count). The van der Waals surface area contributed by atoms with Gasteiger partial charge in [-0.3, -0.25) is 9.69 Å². The molecule has 1 aliphatic heterocycles. The molecule has 0 bridgehead atoms. The SMILES string of the molecule is Cc1ccc(NC(=O)CN2CCN[C@@H](C)C2)c(C)c1. The van der Waals surface area contributed by atoms with Gasteiger partial charge in [0.2, 0.25) is 5.91 Å². The molecule has 4 heteroatoms. The summed E-state index contributed by atoms with van der Waals surface area (Å²) < 4.78 is 0. The molecule has 0 spiro atoms. The first-order valence-corrected chi connectivity index (χ1v) is 6.87. The van der Waals surface area contributed by atoms with Crippen LogP contribution in [0.25, 0.3) is 0 Å². The van der Waals surface area contributed by atoms with Crippen molar-refractivity contribution in [2.45, 2.75) is 26.8 Å². The molecule has 2 N–H and O–H groups in total. The molecule has 0 aromatic heterocycles. The average Bonchev–Trinajstić information content (AvgIpc) is 2.33. The summed E-state index contributed by atoms with van der Waals surface area (Å²) in [6, 6.07) is 6.55. The van der Waals surface area contributed by atoms with Gasteiger partial charge in [-0.2, -0.15) is 0 Å². The van der Waals surface area contributed by atoms with Crippen molar-refractivity contribution in [3.8, 4) is 0 Å². The zero-order valence-electron chi connectivity index (χ0n) is 12.0. The van der Waals surface area contributed by atoms with E-state index >= 15 is 0 Å². The predicted molar refractivity (Wildman–Crippen MR) is 78.5 cm³/mol. The molecule has 1 atom stereocenters. The average molecular weight is 261 g/mol. The third-order valence-corrected chi connectivity index (χ3v) is 3.48. The van der Waals surface area contributed by atoms with Crippen molar-refractivity contribution in [2.24, 2.45) is 0 Å². The number of benzene rings is 1. The third kappa shape index (κ3) is 4.04. The number of carbonyl (C=O) groups is 1. The second-order valence-corrected chi connectivity index (χ2v) is 5.46. The van der Waals surface area contributed by atoms with Crippen LogP contribution in [-0.4, -0.2) is 43.0 Å². The number of amides is 1. The molecule has 1 fully saturated rings. The molecule has 1 saturated heterocycles. The van der Waals surface area contributed by atoms with Crippen LogP contribution in [-0.2, 0) is 4.79 Å². The van der Waals surface area contributed by atoms with Gasteiger partial charge in [0.1, 0.15) is 0 Å². The molecule has 4 nitrogen and oxygen atoms in total. The molecule has 19 heavy (non-hydrogen) atoms. The molecule has 1 aromatic rings. The number of piperazine rings is 1. The summed E-state index contributed by atoms with van der Waals surface area (Å²) in [6.07, 6.45) is 0. The largest absolute Gasteiger partial charge is 0.325 e. The number of anilines is 1. The molecule has 1 aromatic carbocycles. The molecule has 0 radical (unpaired) electrons. The molecule has 1 amide bonds. The van der Waals surface area contributed by atoms with E-state index in [-0.39, 0.29) is 5.91 Å². The Balaban J connectivity index is 1.90. The van der Waals surface area contributed by atoms with Crippen molar-refractivity contribution in [1.82, 2.24) is 10.2 Å². The van der Waals surface area contributed by atoms with Crippen LogP contribution < -0.4 is 10.6 Å². The zero-order chi connectivity index (χ0) is 13.8. The van der Waals surface area contributed by atoms with Gasteiger partial charge in [-0.05, 0) is 32.4 Å². The number of carbonyl (C=O) groups excluding carboxylic acids is 1. The Hall–Kier alpha value is -1.39. The topological polar surface area (TPSA) is 44.4 Å². The van der Waals surface area contributed by atoms with Crippen molar-refractivity contribution in [3.63, 3.8) is 0 Å². The van der Waals surface area contributed by atoms with Gasteiger partial charge in [0, 0.05) is 31.4 Å². The fraction of sp³-hybridized carbons (Fsp3) is 0.533. The molecule has 1 aliphatic rings. The molecular formula is C15H23N3O. The Labute approximate surface area is 115 Å². The van der Waals surface area contributed by atoms with Gasteiger partial charge in [0.05, 0.1) is 6.54 Å². The first-order chi connectivity index (χ1) is 9.04. The first kappa shape index (κ1) is 14.0. The van der Waals surface area contributed by atoms with E-state index in [0.717, 1.165) is 30.9 Å². The lowest BCUT2D eigenvalue weighted by Crippen LogP contribution is -2.51. The summed E-state index contributed by atoms with van der Waals surface area (Å²) in [5.74, 6) is 0.0704. The lowest BCUT2D eigenvalue weighted by molar-refractivity contribution is -0.117. The minimum absolute atomic E-state index is 0.0704. The second kappa shape index (κ2) is 6.17. The normalized spacial score (nSPS) is 20.3. The third-order valence-electron chi connectivity index (χ3n) is 3.48. The van der Waals surface area contributed by atoms with Gasteiger partial charge in [0.15, 0.2) is 0 Å². The summed E-state index contributed by atoms with van der Waals surface area (Å²) in [5, 5.41) is 6.38. The maximum absolute atomic E-state index is 12.1. The summed E-state index contributed by atoms with van der Waals surface area (Å²) >= 11 is 0. The van der Waals surface area contributed by atoms with E-state index in [0.29, 0.717) is 12.6 Å². The van der Waals surface area contributed by atoms with Gasteiger partial charge in [0.25, 0.3) is 0 Å². The van der Waals surface area contributed by atoms with Gasteiger partial charge >= 0.3 is 0 Å². The minimum Gasteiger partial charge on any atom is -0.325 e. The smallest absolute Gasteiger partial charge is 0.238 e. The Kier molecular flexibility index (Phi) is 4.56. The van der Waals surface area contributed by atoms with E-state index in [9.17, 15) is 4.79 Å². The maximum atomic E-state index is 12.1. The van der Waals surface area contributed by atoms with Crippen molar-refractivity contribution in [3.05, 3.63) is 29.3 Å². The molecule has 0 aliphatic carbocycles. The van der Waals surface area contributed by atoms with Gasteiger partial charge < -0.3 is 10.6 Å². The molecule has 1 heterocycles. The van der Waals surface area contributed by atoms with Gasteiger partial charge in [-0.25, -0.2) is 0 Å².